The van der Waals surface area contributed by atoms with Gasteiger partial charge in [0, 0.05) is 25.2 Å². The SMILES string of the molecule is Cn1c(=O)c(C(=O)NCC2CCN(Cc3ccccc3Cl)CC2)nc2ccccc21. The Morgan fingerprint density at radius 3 is 2.60 bits per heavy atom. The van der Waals surface area contributed by atoms with Gasteiger partial charge >= 0.3 is 0 Å². The molecule has 1 N–H and O–H groups in total. The summed E-state index contributed by atoms with van der Waals surface area (Å²) in [5.41, 5.74) is 2.07. The van der Waals surface area contributed by atoms with Crippen LogP contribution in [-0.2, 0) is 13.6 Å². The molecule has 1 amide bonds. The number of piperidine rings is 1. The van der Waals surface area contributed by atoms with Gasteiger partial charge in [0.05, 0.1) is 11.0 Å². The maximum absolute atomic E-state index is 12.6. The van der Waals surface area contributed by atoms with Gasteiger partial charge in [-0.1, -0.05) is 41.9 Å². The van der Waals surface area contributed by atoms with Crippen molar-refractivity contribution in [3.8, 4) is 0 Å². The molecular weight excluding hydrogens is 400 g/mol. The number of carbonyl (C=O) groups excluding carboxylic acids is 1. The molecule has 30 heavy (non-hydrogen) atoms. The average molecular weight is 425 g/mol. The summed E-state index contributed by atoms with van der Waals surface area (Å²) in [6.45, 7) is 3.32. The molecule has 0 radical (unpaired) electrons. The fraction of sp³-hybridized carbons (Fsp3) is 0.348. The van der Waals surface area contributed by atoms with E-state index in [-0.39, 0.29) is 11.3 Å². The molecule has 1 aliphatic heterocycles. The normalized spacial score (nSPS) is 15.4. The van der Waals surface area contributed by atoms with Gasteiger partial charge in [-0.3, -0.25) is 14.5 Å². The zero-order valence-corrected chi connectivity index (χ0v) is 17.7. The summed E-state index contributed by atoms with van der Waals surface area (Å²) >= 11 is 6.27. The van der Waals surface area contributed by atoms with Crippen LogP contribution in [0.4, 0.5) is 0 Å². The van der Waals surface area contributed by atoms with Crippen LogP contribution in [0.1, 0.15) is 28.9 Å². The molecule has 0 bridgehead atoms. The summed E-state index contributed by atoms with van der Waals surface area (Å²) in [5, 5.41) is 3.72. The van der Waals surface area contributed by atoms with E-state index in [4.69, 9.17) is 11.6 Å². The highest BCUT2D eigenvalue weighted by Gasteiger charge is 2.22. The van der Waals surface area contributed by atoms with Crippen LogP contribution in [0.15, 0.2) is 53.3 Å². The highest BCUT2D eigenvalue weighted by molar-refractivity contribution is 6.31. The third-order valence-corrected chi connectivity index (χ3v) is 6.18. The number of aromatic nitrogens is 2. The van der Waals surface area contributed by atoms with Gasteiger partial charge in [0.15, 0.2) is 5.69 Å². The summed E-state index contributed by atoms with van der Waals surface area (Å²) < 4.78 is 1.48. The lowest BCUT2D eigenvalue weighted by Crippen LogP contribution is -2.40. The second-order valence-electron chi connectivity index (χ2n) is 7.83. The number of para-hydroxylation sites is 2. The zero-order chi connectivity index (χ0) is 21.1. The minimum Gasteiger partial charge on any atom is -0.350 e. The molecule has 0 aliphatic carbocycles. The molecule has 6 nitrogen and oxygen atoms in total. The highest BCUT2D eigenvalue weighted by atomic mass is 35.5. The highest BCUT2D eigenvalue weighted by Crippen LogP contribution is 2.22. The van der Waals surface area contributed by atoms with Crippen LogP contribution in [-0.4, -0.2) is 40.0 Å². The van der Waals surface area contributed by atoms with E-state index in [2.05, 4.69) is 21.3 Å². The second kappa shape index (κ2) is 8.98. The van der Waals surface area contributed by atoms with E-state index < -0.39 is 5.91 Å². The summed E-state index contributed by atoms with van der Waals surface area (Å²) in [4.78, 5) is 31.9. The number of benzene rings is 2. The monoisotopic (exact) mass is 424 g/mol. The van der Waals surface area contributed by atoms with E-state index in [0.717, 1.165) is 43.1 Å². The van der Waals surface area contributed by atoms with Gasteiger partial charge in [-0.25, -0.2) is 4.98 Å². The van der Waals surface area contributed by atoms with E-state index in [1.165, 1.54) is 4.57 Å². The molecule has 4 rings (SSSR count). The van der Waals surface area contributed by atoms with Gasteiger partial charge < -0.3 is 9.88 Å². The van der Waals surface area contributed by atoms with Gasteiger partial charge in [0.25, 0.3) is 11.5 Å². The van der Waals surface area contributed by atoms with Crippen molar-refractivity contribution in [3.63, 3.8) is 0 Å². The summed E-state index contributed by atoms with van der Waals surface area (Å²) in [7, 11) is 1.66. The van der Waals surface area contributed by atoms with E-state index in [1.807, 2.05) is 36.4 Å². The predicted octanol–water partition coefficient (Wildman–Crippen LogP) is 3.23. The molecule has 3 aromatic rings. The van der Waals surface area contributed by atoms with Crippen LogP contribution in [0.2, 0.25) is 5.02 Å². The molecule has 7 heteroatoms. The first kappa shape index (κ1) is 20.6. The van der Waals surface area contributed by atoms with E-state index in [1.54, 1.807) is 13.1 Å². The van der Waals surface area contributed by atoms with E-state index >= 15 is 0 Å². The third kappa shape index (κ3) is 4.40. The smallest absolute Gasteiger partial charge is 0.282 e. The standard InChI is InChI=1S/C23H25ClN4O2/c1-27-20-9-5-4-8-19(20)26-21(23(27)30)22(29)25-14-16-10-12-28(13-11-16)15-17-6-2-3-7-18(17)24/h2-9,16H,10-15H2,1H3,(H,25,29). The number of nitrogens with zero attached hydrogens (tertiary/aromatic N) is 3. The fourth-order valence-electron chi connectivity index (χ4n) is 3.96. The van der Waals surface area contributed by atoms with Crippen molar-refractivity contribution >= 4 is 28.5 Å². The average Bonchev–Trinajstić information content (AvgIpc) is 2.77. The van der Waals surface area contributed by atoms with Crippen molar-refractivity contribution in [1.29, 1.82) is 0 Å². The molecule has 2 heterocycles. The Kier molecular flexibility index (Phi) is 6.16. The van der Waals surface area contributed by atoms with Crippen LogP contribution in [0.25, 0.3) is 11.0 Å². The largest absolute Gasteiger partial charge is 0.350 e. The lowest BCUT2D eigenvalue weighted by molar-refractivity contribution is 0.0928. The van der Waals surface area contributed by atoms with E-state index in [0.29, 0.717) is 23.5 Å². The van der Waals surface area contributed by atoms with Gasteiger partial charge in [-0.2, -0.15) is 0 Å². The number of hydrogen-bond donors (Lipinski definition) is 1. The number of likely N-dealkylation sites (tertiary alicyclic amines) is 1. The number of aryl methyl sites for hydroxylation is 1. The number of fused-ring (bicyclic) bond motifs is 1. The first-order valence-corrected chi connectivity index (χ1v) is 10.6. The number of nitrogens with one attached hydrogen (secondary N) is 1. The number of carbonyl (C=O) groups is 1. The zero-order valence-electron chi connectivity index (χ0n) is 17.0. The number of amides is 1. The fourth-order valence-corrected chi connectivity index (χ4v) is 4.16. The van der Waals surface area contributed by atoms with E-state index in [9.17, 15) is 9.59 Å². The molecular formula is C23H25ClN4O2. The maximum atomic E-state index is 12.6. The molecule has 0 unspecified atom stereocenters. The number of halogens is 1. The van der Waals surface area contributed by atoms with Crippen LogP contribution in [0.5, 0.6) is 0 Å². The molecule has 1 aliphatic rings. The Bertz CT molecular complexity index is 1120. The van der Waals surface area contributed by atoms with Crippen molar-refractivity contribution in [1.82, 2.24) is 19.8 Å². The number of rotatable bonds is 5. The van der Waals surface area contributed by atoms with Crippen molar-refractivity contribution in [2.45, 2.75) is 19.4 Å². The molecule has 0 atom stereocenters. The quantitative estimate of drug-likeness (QED) is 0.682. The minimum absolute atomic E-state index is 0.0487. The Morgan fingerprint density at radius 2 is 1.83 bits per heavy atom. The molecule has 156 valence electrons. The Morgan fingerprint density at radius 1 is 1.13 bits per heavy atom. The third-order valence-electron chi connectivity index (χ3n) is 5.81. The number of hydrogen-bond acceptors (Lipinski definition) is 4. The summed E-state index contributed by atoms with van der Waals surface area (Å²) in [6, 6.07) is 15.3. The molecule has 0 spiro atoms. The second-order valence-corrected chi connectivity index (χ2v) is 8.24. The Hall–Kier alpha value is -2.70. The lowest BCUT2D eigenvalue weighted by Gasteiger charge is -2.32. The molecule has 1 saturated heterocycles. The van der Waals surface area contributed by atoms with Gasteiger partial charge in [-0.15, -0.1) is 0 Å². The molecule has 0 saturated carbocycles. The van der Waals surface area contributed by atoms with Crippen molar-refractivity contribution in [3.05, 3.63) is 75.2 Å². The predicted molar refractivity (Wildman–Crippen MR) is 119 cm³/mol. The first-order valence-electron chi connectivity index (χ1n) is 10.2. The Labute approximate surface area is 180 Å². The summed E-state index contributed by atoms with van der Waals surface area (Å²) in [5.74, 6) is -0.0133. The molecule has 1 fully saturated rings. The van der Waals surface area contributed by atoms with Crippen LogP contribution >= 0.6 is 11.6 Å². The van der Waals surface area contributed by atoms with Crippen molar-refractivity contribution in [2.75, 3.05) is 19.6 Å². The molecule has 2 aromatic carbocycles. The van der Waals surface area contributed by atoms with Crippen LogP contribution in [0.3, 0.4) is 0 Å². The maximum Gasteiger partial charge on any atom is 0.282 e. The van der Waals surface area contributed by atoms with Gasteiger partial charge in [0.2, 0.25) is 0 Å². The van der Waals surface area contributed by atoms with Crippen molar-refractivity contribution < 1.29 is 4.79 Å². The summed E-state index contributed by atoms with van der Waals surface area (Å²) in [6.07, 6.45) is 1.99. The van der Waals surface area contributed by atoms with Crippen molar-refractivity contribution in [2.24, 2.45) is 13.0 Å². The van der Waals surface area contributed by atoms with Crippen LogP contribution in [0, 0.1) is 5.92 Å². The minimum atomic E-state index is -0.403. The Balaban J connectivity index is 1.33. The van der Waals surface area contributed by atoms with Gasteiger partial charge in [-0.05, 0) is 55.6 Å². The first-order chi connectivity index (χ1) is 14.5. The lowest BCUT2D eigenvalue weighted by atomic mass is 9.96. The molecule has 1 aromatic heterocycles. The topological polar surface area (TPSA) is 67.2 Å². The van der Waals surface area contributed by atoms with Gasteiger partial charge in [0.1, 0.15) is 0 Å². The van der Waals surface area contributed by atoms with Crippen LogP contribution < -0.4 is 10.9 Å².